The molecule has 0 saturated heterocycles. The van der Waals surface area contributed by atoms with Gasteiger partial charge in [0, 0.05) is 18.2 Å². The van der Waals surface area contributed by atoms with Crippen LogP contribution in [0.3, 0.4) is 0 Å². The first-order valence-corrected chi connectivity index (χ1v) is 10.9. The van der Waals surface area contributed by atoms with Gasteiger partial charge in [-0.2, -0.15) is 0 Å². The molecule has 0 aliphatic rings. The molecule has 0 spiro atoms. The first-order valence-electron chi connectivity index (χ1n) is 10.9. The van der Waals surface area contributed by atoms with Gasteiger partial charge < -0.3 is 20.5 Å². The SMILES string of the molecule is CC(NC(=O)/C=C\c1ccc(CNC(=O)OC(C)(C)C)cc1O)c1cccc2ccccc12. The van der Waals surface area contributed by atoms with Gasteiger partial charge >= 0.3 is 6.09 Å². The average molecular weight is 447 g/mol. The highest BCUT2D eigenvalue weighted by Crippen LogP contribution is 2.24. The number of phenols is 1. The molecule has 0 saturated carbocycles. The molecule has 0 bridgehead atoms. The van der Waals surface area contributed by atoms with Crippen molar-refractivity contribution in [3.63, 3.8) is 0 Å². The summed E-state index contributed by atoms with van der Waals surface area (Å²) in [6.45, 7) is 7.53. The van der Waals surface area contributed by atoms with Crippen molar-refractivity contribution in [1.29, 1.82) is 0 Å². The van der Waals surface area contributed by atoms with E-state index in [2.05, 4.69) is 10.6 Å². The van der Waals surface area contributed by atoms with Crippen LogP contribution in [0.25, 0.3) is 16.8 Å². The Morgan fingerprint density at radius 1 is 1.06 bits per heavy atom. The highest BCUT2D eigenvalue weighted by molar-refractivity contribution is 5.93. The number of amides is 2. The molecule has 33 heavy (non-hydrogen) atoms. The Morgan fingerprint density at radius 3 is 2.52 bits per heavy atom. The molecule has 6 heteroatoms. The van der Waals surface area contributed by atoms with Crippen molar-refractivity contribution in [2.45, 2.75) is 45.9 Å². The third-order valence-corrected chi connectivity index (χ3v) is 4.99. The number of benzene rings is 3. The second-order valence-electron chi connectivity index (χ2n) is 8.88. The maximum atomic E-state index is 12.5. The molecule has 6 nitrogen and oxygen atoms in total. The maximum Gasteiger partial charge on any atom is 0.407 e. The van der Waals surface area contributed by atoms with E-state index in [4.69, 9.17) is 4.74 Å². The summed E-state index contributed by atoms with van der Waals surface area (Å²) in [7, 11) is 0. The molecule has 0 heterocycles. The predicted molar refractivity (Wildman–Crippen MR) is 131 cm³/mol. The van der Waals surface area contributed by atoms with Gasteiger partial charge in [-0.25, -0.2) is 4.79 Å². The van der Waals surface area contributed by atoms with Crippen LogP contribution in [0.15, 0.2) is 66.7 Å². The number of carbonyl (C=O) groups is 2. The van der Waals surface area contributed by atoms with Gasteiger partial charge in [-0.05, 0) is 61.7 Å². The summed E-state index contributed by atoms with van der Waals surface area (Å²) in [6.07, 6.45) is 2.43. The van der Waals surface area contributed by atoms with E-state index in [-0.39, 0.29) is 24.2 Å². The minimum Gasteiger partial charge on any atom is -0.507 e. The normalized spacial score (nSPS) is 12.5. The van der Waals surface area contributed by atoms with Crippen molar-refractivity contribution in [3.05, 3.63) is 83.4 Å². The van der Waals surface area contributed by atoms with E-state index in [1.54, 1.807) is 45.0 Å². The lowest BCUT2D eigenvalue weighted by molar-refractivity contribution is -0.117. The van der Waals surface area contributed by atoms with Crippen molar-refractivity contribution in [2.24, 2.45) is 0 Å². The van der Waals surface area contributed by atoms with Gasteiger partial charge in [0.2, 0.25) is 5.91 Å². The molecule has 0 radical (unpaired) electrons. The number of nitrogens with one attached hydrogen (secondary N) is 2. The van der Waals surface area contributed by atoms with E-state index in [0.717, 1.165) is 16.3 Å². The summed E-state index contributed by atoms with van der Waals surface area (Å²) in [6, 6.07) is 18.9. The lowest BCUT2D eigenvalue weighted by Crippen LogP contribution is -2.32. The van der Waals surface area contributed by atoms with Crippen LogP contribution in [0.4, 0.5) is 4.79 Å². The van der Waals surface area contributed by atoms with E-state index in [0.29, 0.717) is 11.1 Å². The molecule has 3 rings (SSSR count). The lowest BCUT2D eigenvalue weighted by atomic mass is 9.99. The zero-order valence-electron chi connectivity index (χ0n) is 19.4. The summed E-state index contributed by atoms with van der Waals surface area (Å²) >= 11 is 0. The lowest BCUT2D eigenvalue weighted by Gasteiger charge is -2.19. The van der Waals surface area contributed by atoms with Gasteiger partial charge in [0.15, 0.2) is 0 Å². The Morgan fingerprint density at radius 2 is 1.79 bits per heavy atom. The molecule has 172 valence electrons. The summed E-state index contributed by atoms with van der Waals surface area (Å²) < 4.78 is 5.20. The number of alkyl carbamates (subject to hydrolysis) is 1. The van der Waals surface area contributed by atoms with Crippen LogP contribution < -0.4 is 10.6 Å². The van der Waals surface area contributed by atoms with E-state index >= 15 is 0 Å². The van der Waals surface area contributed by atoms with Crippen LogP contribution in [0.2, 0.25) is 0 Å². The monoisotopic (exact) mass is 446 g/mol. The highest BCUT2D eigenvalue weighted by Gasteiger charge is 2.16. The summed E-state index contributed by atoms with van der Waals surface area (Å²) in [4.78, 5) is 24.2. The number of ether oxygens (including phenoxy) is 1. The van der Waals surface area contributed by atoms with Crippen LogP contribution in [-0.4, -0.2) is 22.7 Å². The standard InChI is InChI=1S/C27H30N2O4/c1-18(22-11-7-9-20-8-5-6-10-23(20)22)29-25(31)15-14-21-13-12-19(16-24(21)30)17-28-26(32)33-27(2,3)4/h5-16,18,30H,17H2,1-4H3,(H,28,32)(H,29,31)/b15-14-. The van der Waals surface area contributed by atoms with Crippen molar-refractivity contribution in [3.8, 4) is 5.75 Å². The minimum absolute atomic E-state index is 0.0182. The fraction of sp³-hybridized carbons (Fsp3) is 0.259. The van der Waals surface area contributed by atoms with Crippen LogP contribution >= 0.6 is 0 Å². The molecule has 2 amide bonds. The topological polar surface area (TPSA) is 87.7 Å². The smallest absolute Gasteiger partial charge is 0.407 e. The number of fused-ring (bicyclic) bond motifs is 1. The number of hydrogen-bond donors (Lipinski definition) is 3. The number of phenolic OH excluding ortho intramolecular Hbond substituents is 1. The van der Waals surface area contributed by atoms with Gasteiger partial charge in [0.1, 0.15) is 11.4 Å². The van der Waals surface area contributed by atoms with Gasteiger partial charge in [0.25, 0.3) is 0 Å². The number of rotatable bonds is 6. The summed E-state index contributed by atoms with van der Waals surface area (Å²) in [5.74, 6) is -0.241. The van der Waals surface area contributed by atoms with Crippen molar-refractivity contribution >= 4 is 28.8 Å². The van der Waals surface area contributed by atoms with Crippen molar-refractivity contribution < 1.29 is 19.4 Å². The predicted octanol–water partition coefficient (Wildman–Crippen LogP) is 5.46. The molecular formula is C27H30N2O4. The fourth-order valence-electron chi connectivity index (χ4n) is 3.46. The molecule has 3 aromatic carbocycles. The third-order valence-electron chi connectivity index (χ3n) is 4.99. The van der Waals surface area contributed by atoms with Gasteiger partial charge in [-0.3, -0.25) is 4.79 Å². The zero-order chi connectivity index (χ0) is 24.0. The van der Waals surface area contributed by atoms with Gasteiger partial charge in [-0.1, -0.05) is 54.6 Å². The number of aromatic hydroxyl groups is 1. The van der Waals surface area contributed by atoms with E-state index in [9.17, 15) is 14.7 Å². The molecular weight excluding hydrogens is 416 g/mol. The fourth-order valence-corrected chi connectivity index (χ4v) is 3.46. The molecule has 1 unspecified atom stereocenters. The van der Waals surface area contributed by atoms with E-state index in [1.807, 2.05) is 49.4 Å². The van der Waals surface area contributed by atoms with Gasteiger partial charge in [-0.15, -0.1) is 0 Å². The van der Waals surface area contributed by atoms with Crippen LogP contribution in [-0.2, 0) is 16.1 Å². The van der Waals surface area contributed by atoms with E-state index in [1.165, 1.54) is 6.08 Å². The third kappa shape index (κ3) is 6.84. The van der Waals surface area contributed by atoms with E-state index < -0.39 is 11.7 Å². The number of hydrogen-bond acceptors (Lipinski definition) is 4. The van der Waals surface area contributed by atoms with Crippen LogP contribution in [0.5, 0.6) is 5.75 Å². The molecule has 0 aliphatic heterocycles. The molecule has 0 fully saturated rings. The maximum absolute atomic E-state index is 12.5. The Labute approximate surface area is 194 Å². The largest absolute Gasteiger partial charge is 0.507 e. The Balaban J connectivity index is 1.60. The molecule has 1 atom stereocenters. The average Bonchev–Trinajstić information content (AvgIpc) is 2.75. The second kappa shape index (κ2) is 10.2. The number of carbonyl (C=O) groups excluding carboxylic acids is 2. The Bertz CT molecular complexity index is 1170. The van der Waals surface area contributed by atoms with Crippen molar-refractivity contribution in [2.75, 3.05) is 0 Å². The highest BCUT2D eigenvalue weighted by atomic mass is 16.6. The second-order valence-corrected chi connectivity index (χ2v) is 8.88. The Hall–Kier alpha value is -3.80. The molecule has 3 N–H and O–H groups in total. The first-order chi connectivity index (χ1) is 15.6. The zero-order valence-corrected chi connectivity index (χ0v) is 19.4. The van der Waals surface area contributed by atoms with Crippen LogP contribution in [0.1, 0.15) is 50.4 Å². The quantitative estimate of drug-likeness (QED) is 0.439. The molecule has 0 aliphatic carbocycles. The molecule has 3 aromatic rings. The molecule has 0 aromatic heterocycles. The van der Waals surface area contributed by atoms with Gasteiger partial charge in [0.05, 0.1) is 6.04 Å². The Kier molecular flexibility index (Phi) is 7.38. The first kappa shape index (κ1) is 23.9. The van der Waals surface area contributed by atoms with Crippen molar-refractivity contribution in [1.82, 2.24) is 10.6 Å². The minimum atomic E-state index is -0.577. The summed E-state index contributed by atoms with van der Waals surface area (Å²) in [5, 5.41) is 18.2. The van der Waals surface area contributed by atoms with Crippen LogP contribution in [0, 0.1) is 0 Å². The summed E-state index contributed by atoms with van der Waals surface area (Å²) in [5.41, 5.74) is 1.68.